The first-order chi connectivity index (χ1) is 15.1. The Hall–Kier alpha value is -3.21. The van der Waals surface area contributed by atoms with E-state index in [0.717, 1.165) is 54.1 Å². The van der Waals surface area contributed by atoms with E-state index in [-0.39, 0.29) is 11.8 Å². The minimum atomic E-state index is 0.211. The van der Waals surface area contributed by atoms with E-state index in [4.69, 9.17) is 9.72 Å². The van der Waals surface area contributed by atoms with Crippen molar-refractivity contribution >= 4 is 5.91 Å². The normalized spacial score (nSPS) is 16.2. The second-order valence-corrected chi connectivity index (χ2v) is 8.23. The molecule has 0 bridgehead atoms. The van der Waals surface area contributed by atoms with Gasteiger partial charge in [0, 0.05) is 37.2 Å². The van der Waals surface area contributed by atoms with Gasteiger partial charge in [0.2, 0.25) is 5.91 Å². The molecule has 1 aliphatic rings. The number of benzene rings is 2. The Morgan fingerprint density at radius 3 is 2.77 bits per heavy atom. The van der Waals surface area contributed by atoms with Crippen molar-refractivity contribution in [3.8, 4) is 17.0 Å². The van der Waals surface area contributed by atoms with E-state index in [9.17, 15) is 4.79 Å². The third-order valence-corrected chi connectivity index (χ3v) is 5.95. The highest BCUT2D eigenvalue weighted by atomic mass is 16.5. The molecule has 0 unspecified atom stereocenters. The van der Waals surface area contributed by atoms with Gasteiger partial charge in [-0.25, -0.2) is 4.98 Å². The Morgan fingerprint density at radius 1 is 1.16 bits per heavy atom. The summed E-state index contributed by atoms with van der Waals surface area (Å²) in [6.45, 7) is 3.62. The molecule has 1 saturated heterocycles. The Bertz CT molecular complexity index is 1030. The molecule has 0 spiro atoms. The highest BCUT2D eigenvalue weighted by molar-refractivity contribution is 5.76. The number of aryl methyl sites for hydroxylation is 2. The predicted octanol–water partition coefficient (Wildman–Crippen LogP) is 4.80. The van der Waals surface area contributed by atoms with Crippen molar-refractivity contribution in [2.75, 3.05) is 20.2 Å². The van der Waals surface area contributed by atoms with Gasteiger partial charge in [-0.3, -0.25) is 9.78 Å². The molecule has 1 aromatic heterocycles. The molecule has 4 rings (SSSR count). The predicted molar refractivity (Wildman–Crippen MR) is 122 cm³/mol. The van der Waals surface area contributed by atoms with Gasteiger partial charge in [-0.1, -0.05) is 35.9 Å². The van der Waals surface area contributed by atoms with Crippen LogP contribution in [0.15, 0.2) is 60.9 Å². The molecule has 0 N–H and O–H groups in total. The Kier molecular flexibility index (Phi) is 6.60. The maximum Gasteiger partial charge on any atom is 0.222 e. The molecule has 160 valence electrons. The van der Waals surface area contributed by atoms with Crippen molar-refractivity contribution in [2.45, 2.75) is 38.5 Å². The quantitative estimate of drug-likeness (QED) is 0.580. The summed E-state index contributed by atoms with van der Waals surface area (Å²) in [6, 6.07) is 16.3. The minimum absolute atomic E-state index is 0.211. The number of hydrogen-bond donors (Lipinski definition) is 0. The van der Waals surface area contributed by atoms with E-state index in [1.165, 1.54) is 5.56 Å². The molecule has 31 heavy (non-hydrogen) atoms. The number of carbonyl (C=O) groups excluding carboxylic acids is 1. The van der Waals surface area contributed by atoms with E-state index in [1.54, 1.807) is 7.11 Å². The molecule has 5 nitrogen and oxygen atoms in total. The highest BCUT2D eigenvalue weighted by Crippen LogP contribution is 2.28. The lowest BCUT2D eigenvalue weighted by atomic mass is 9.94. The smallest absolute Gasteiger partial charge is 0.222 e. The van der Waals surface area contributed by atoms with Gasteiger partial charge < -0.3 is 9.64 Å². The average molecular weight is 416 g/mol. The van der Waals surface area contributed by atoms with Crippen LogP contribution in [0.5, 0.6) is 5.75 Å². The van der Waals surface area contributed by atoms with Gasteiger partial charge in [0.1, 0.15) is 5.75 Å². The molecule has 3 aromatic rings. The molecule has 0 aliphatic carbocycles. The van der Waals surface area contributed by atoms with Crippen LogP contribution in [-0.4, -0.2) is 41.0 Å². The van der Waals surface area contributed by atoms with E-state index in [2.05, 4.69) is 30.1 Å². The number of likely N-dealkylation sites (tertiary alicyclic amines) is 1. The molecule has 0 radical (unpaired) electrons. The maximum absolute atomic E-state index is 12.9. The van der Waals surface area contributed by atoms with Gasteiger partial charge in [-0.15, -0.1) is 0 Å². The van der Waals surface area contributed by atoms with Crippen molar-refractivity contribution in [1.29, 1.82) is 0 Å². The third-order valence-electron chi connectivity index (χ3n) is 5.95. The number of amides is 1. The van der Waals surface area contributed by atoms with Gasteiger partial charge in [-0.2, -0.15) is 0 Å². The van der Waals surface area contributed by atoms with E-state index >= 15 is 0 Å². The summed E-state index contributed by atoms with van der Waals surface area (Å²) in [7, 11) is 1.66. The summed E-state index contributed by atoms with van der Waals surface area (Å²) in [5.74, 6) is 1.28. The highest BCUT2D eigenvalue weighted by Gasteiger charge is 2.26. The largest absolute Gasteiger partial charge is 0.497 e. The van der Waals surface area contributed by atoms with Crippen LogP contribution < -0.4 is 4.74 Å². The van der Waals surface area contributed by atoms with Crippen LogP contribution in [0.4, 0.5) is 0 Å². The Morgan fingerprint density at radius 2 is 2.00 bits per heavy atom. The van der Waals surface area contributed by atoms with Crippen LogP contribution >= 0.6 is 0 Å². The molecule has 2 aromatic carbocycles. The number of rotatable bonds is 6. The first kappa shape index (κ1) is 21.0. The molecule has 1 amide bonds. The summed E-state index contributed by atoms with van der Waals surface area (Å²) in [4.78, 5) is 24.2. The fraction of sp³-hybridized carbons (Fsp3) is 0.346. The Labute approximate surface area is 184 Å². The number of piperidine rings is 1. The molecule has 1 atom stereocenters. The summed E-state index contributed by atoms with van der Waals surface area (Å²) < 4.78 is 5.20. The average Bonchev–Trinajstić information content (AvgIpc) is 2.83. The first-order valence-electron chi connectivity index (χ1n) is 10.9. The van der Waals surface area contributed by atoms with Crippen LogP contribution in [0, 0.1) is 6.92 Å². The molecule has 1 fully saturated rings. The lowest BCUT2D eigenvalue weighted by Crippen LogP contribution is -2.39. The summed E-state index contributed by atoms with van der Waals surface area (Å²) >= 11 is 0. The van der Waals surface area contributed by atoms with Gasteiger partial charge in [0.05, 0.1) is 24.7 Å². The van der Waals surface area contributed by atoms with E-state index in [1.807, 2.05) is 47.6 Å². The van der Waals surface area contributed by atoms with Crippen molar-refractivity contribution in [3.05, 3.63) is 77.7 Å². The second kappa shape index (κ2) is 9.73. The molecule has 2 heterocycles. The zero-order chi connectivity index (χ0) is 21.6. The van der Waals surface area contributed by atoms with Crippen LogP contribution in [0.25, 0.3) is 11.3 Å². The monoisotopic (exact) mass is 415 g/mol. The van der Waals surface area contributed by atoms with E-state index in [0.29, 0.717) is 13.0 Å². The van der Waals surface area contributed by atoms with Gasteiger partial charge in [-0.05, 0) is 49.9 Å². The minimum Gasteiger partial charge on any atom is -0.497 e. The number of methoxy groups -OCH3 is 1. The van der Waals surface area contributed by atoms with Crippen LogP contribution in [-0.2, 0) is 11.2 Å². The van der Waals surface area contributed by atoms with Crippen molar-refractivity contribution in [2.24, 2.45) is 0 Å². The molecular weight excluding hydrogens is 386 g/mol. The van der Waals surface area contributed by atoms with E-state index < -0.39 is 0 Å². The Balaban J connectivity index is 1.40. The topological polar surface area (TPSA) is 55.3 Å². The number of ether oxygens (including phenoxy) is 1. The summed E-state index contributed by atoms with van der Waals surface area (Å²) in [5.41, 5.74) is 5.31. The standard InChI is InChI=1S/C26H29N3O2/c1-19-5-3-6-21(15-19)24-16-27-17-25(28-24)22-7-4-14-29(18-22)26(30)13-10-20-8-11-23(31-2)12-9-20/h3,5-6,8-9,11-12,15-17,22H,4,7,10,13-14,18H2,1-2H3/t22-/m1/s1. The van der Waals surface area contributed by atoms with Crippen LogP contribution in [0.2, 0.25) is 0 Å². The molecule has 1 aliphatic heterocycles. The van der Waals surface area contributed by atoms with Crippen LogP contribution in [0.3, 0.4) is 0 Å². The van der Waals surface area contributed by atoms with Crippen LogP contribution in [0.1, 0.15) is 42.0 Å². The third kappa shape index (κ3) is 5.29. The lowest BCUT2D eigenvalue weighted by Gasteiger charge is -2.32. The molecule has 0 saturated carbocycles. The molecule has 5 heteroatoms. The van der Waals surface area contributed by atoms with Gasteiger partial charge >= 0.3 is 0 Å². The fourth-order valence-corrected chi connectivity index (χ4v) is 4.17. The number of carbonyl (C=O) groups is 1. The van der Waals surface area contributed by atoms with Crippen molar-refractivity contribution in [1.82, 2.24) is 14.9 Å². The summed E-state index contributed by atoms with van der Waals surface area (Å²) in [5, 5.41) is 0. The van der Waals surface area contributed by atoms with Crippen molar-refractivity contribution in [3.63, 3.8) is 0 Å². The molecular formula is C26H29N3O2. The zero-order valence-electron chi connectivity index (χ0n) is 18.3. The van der Waals surface area contributed by atoms with Gasteiger partial charge in [0.25, 0.3) is 0 Å². The van der Waals surface area contributed by atoms with Crippen molar-refractivity contribution < 1.29 is 9.53 Å². The lowest BCUT2D eigenvalue weighted by molar-refractivity contribution is -0.132. The SMILES string of the molecule is COc1ccc(CCC(=O)N2CCC[C@@H](c3cncc(-c4cccc(C)c4)n3)C2)cc1. The first-order valence-corrected chi connectivity index (χ1v) is 10.9. The second-order valence-electron chi connectivity index (χ2n) is 8.23. The summed E-state index contributed by atoms with van der Waals surface area (Å²) in [6.07, 6.45) is 6.97. The van der Waals surface area contributed by atoms with Gasteiger partial charge in [0.15, 0.2) is 0 Å². The number of aromatic nitrogens is 2. The maximum atomic E-state index is 12.9. The number of hydrogen-bond acceptors (Lipinski definition) is 4. The number of nitrogens with zero attached hydrogens (tertiary/aromatic N) is 3. The fourth-order valence-electron chi connectivity index (χ4n) is 4.17. The zero-order valence-corrected chi connectivity index (χ0v) is 18.3.